The number of hydrogen-bond acceptors (Lipinski definition) is 7. The van der Waals surface area contributed by atoms with Crippen LogP contribution in [0.5, 0.6) is 5.75 Å². The van der Waals surface area contributed by atoms with Crippen molar-refractivity contribution in [1.29, 1.82) is 0 Å². The molecule has 0 aliphatic carbocycles. The monoisotopic (exact) mass is 411 g/mol. The van der Waals surface area contributed by atoms with Gasteiger partial charge in [-0.1, -0.05) is 5.22 Å². The Kier molecular flexibility index (Phi) is 5.13. The lowest BCUT2D eigenvalue weighted by atomic mass is 10.1. The van der Waals surface area contributed by atoms with E-state index in [1.54, 1.807) is 24.3 Å². The minimum atomic E-state index is -1.03. The molecule has 2 aliphatic rings. The molecule has 2 aliphatic heterocycles. The van der Waals surface area contributed by atoms with Crippen molar-refractivity contribution in [2.45, 2.75) is 19.0 Å². The summed E-state index contributed by atoms with van der Waals surface area (Å²) in [7, 11) is 0. The Morgan fingerprint density at radius 2 is 1.80 bits per heavy atom. The van der Waals surface area contributed by atoms with E-state index in [0.29, 0.717) is 18.0 Å². The van der Waals surface area contributed by atoms with Crippen LogP contribution in [0.15, 0.2) is 58.9 Å². The molecule has 154 valence electrons. The lowest BCUT2D eigenvalue weighted by Crippen LogP contribution is -2.43. The SMILES string of the molecule is CCOc1ccc(NC(=O)CN2N=N[C@@H]3C(=O)N(c4ccc(F)cc4)C(=O)[C@@H]32)cc1. The predicted octanol–water partition coefficient (Wildman–Crippen LogP) is 2.16. The summed E-state index contributed by atoms with van der Waals surface area (Å²) in [6.45, 7) is 2.16. The minimum absolute atomic E-state index is 0.245. The highest BCUT2D eigenvalue weighted by Gasteiger charge is 2.55. The Hall–Kier alpha value is -3.82. The van der Waals surface area contributed by atoms with E-state index in [-0.39, 0.29) is 12.2 Å². The highest BCUT2D eigenvalue weighted by molar-refractivity contribution is 6.25. The third-order valence-corrected chi connectivity index (χ3v) is 4.70. The van der Waals surface area contributed by atoms with Crippen molar-refractivity contribution in [2.24, 2.45) is 10.3 Å². The summed E-state index contributed by atoms with van der Waals surface area (Å²) in [6, 6.07) is 9.80. The molecule has 2 atom stereocenters. The summed E-state index contributed by atoms with van der Waals surface area (Å²) in [5.41, 5.74) is 0.799. The smallest absolute Gasteiger partial charge is 0.263 e. The molecule has 9 nitrogen and oxygen atoms in total. The first-order valence-corrected chi connectivity index (χ1v) is 9.31. The zero-order valence-corrected chi connectivity index (χ0v) is 16.0. The van der Waals surface area contributed by atoms with Crippen LogP contribution in [-0.2, 0) is 14.4 Å². The number of benzene rings is 2. The quantitative estimate of drug-likeness (QED) is 0.734. The first kappa shape index (κ1) is 19.5. The van der Waals surface area contributed by atoms with Gasteiger partial charge in [0.25, 0.3) is 11.8 Å². The molecule has 1 saturated heterocycles. The van der Waals surface area contributed by atoms with Gasteiger partial charge in [0.1, 0.15) is 18.1 Å². The number of anilines is 2. The van der Waals surface area contributed by atoms with Crippen LogP contribution in [0.2, 0.25) is 0 Å². The molecule has 0 bridgehead atoms. The Balaban J connectivity index is 1.43. The molecule has 1 N–H and O–H groups in total. The van der Waals surface area contributed by atoms with Crippen LogP contribution in [0.25, 0.3) is 0 Å². The first-order valence-electron chi connectivity index (χ1n) is 9.31. The second-order valence-corrected chi connectivity index (χ2v) is 6.69. The van der Waals surface area contributed by atoms with Crippen molar-refractivity contribution < 1.29 is 23.5 Å². The number of ether oxygens (including phenoxy) is 1. The van der Waals surface area contributed by atoms with Gasteiger partial charge in [-0.05, 0) is 55.5 Å². The molecule has 1 fully saturated rings. The molecular formula is C20H18FN5O4. The van der Waals surface area contributed by atoms with Gasteiger partial charge in [0.2, 0.25) is 5.91 Å². The van der Waals surface area contributed by atoms with E-state index < -0.39 is 35.6 Å². The van der Waals surface area contributed by atoms with Gasteiger partial charge < -0.3 is 10.1 Å². The number of nitrogens with zero attached hydrogens (tertiary/aromatic N) is 4. The van der Waals surface area contributed by atoms with Crippen LogP contribution in [-0.4, -0.2) is 48.0 Å². The van der Waals surface area contributed by atoms with Gasteiger partial charge in [-0.3, -0.25) is 19.4 Å². The highest BCUT2D eigenvalue weighted by atomic mass is 19.1. The van der Waals surface area contributed by atoms with Crippen LogP contribution >= 0.6 is 0 Å². The maximum Gasteiger partial charge on any atom is 0.263 e. The Labute approximate surface area is 171 Å². The highest BCUT2D eigenvalue weighted by Crippen LogP contribution is 2.31. The molecule has 2 aromatic rings. The number of carbonyl (C=O) groups is 3. The number of halogens is 1. The molecule has 0 radical (unpaired) electrons. The van der Waals surface area contributed by atoms with E-state index in [2.05, 4.69) is 15.7 Å². The summed E-state index contributed by atoms with van der Waals surface area (Å²) in [4.78, 5) is 38.8. The van der Waals surface area contributed by atoms with Crippen LogP contribution < -0.4 is 15.0 Å². The lowest BCUT2D eigenvalue weighted by Gasteiger charge is -2.20. The third kappa shape index (κ3) is 3.59. The predicted molar refractivity (Wildman–Crippen MR) is 104 cm³/mol. The van der Waals surface area contributed by atoms with Gasteiger partial charge in [-0.2, -0.15) is 5.11 Å². The van der Waals surface area contributed by atoms with Crippen molar-refractivity contribution in [2.75, 3.05) is 23.4 Å². The number of fused-ring (bicyclic) bond motifs is 1. The average molecular weight is 411 g/mol. The van der Waals surface area contributed by atoms with Gasteiger partial charge in [0, 0.05) is 5.69 Å². The molecule has 3 amide bonds. The van der Waals surface area contributed by atoms with Crippen molar-refractivity contribution in [1.82, 2.24) is 5.01 Å². The topological polar surface area (TPSA) is 104 Å². The van der Waals surface area contributed by atoms with E-state index in [9.17, 15) is 18.8 Å². The van der Waals surface area contributed by atoms with Crippen molar-refractivity contribution in [3.05, 3.63) is 54.3 Å². The van der Waals surface area contributed by atoms with Crippen molar-refractivity contribution in [3.8, 4) is 5.75 Å². The molecule has 2 heterocycles. The molecule has 0 spiro atoms. The fourth-order valence-electron chi connectivity index (χ4n) is 3.35. The van der Waals surface area contributed by atoms with E-state index in [1.807, 2.05) is 6.92 Å². The zero-order chi connectivity index (χ0) is 21.3. The summed E-state index contributed by atoms with van der Waals surface area (Å²) in [5.74, 6) is -1.34. The number of imide groups is 1. The lowest BCUT2D eigenvalue weighted by molar-refractivity contribution is -0.123. The minimum Gasteiger partial charge on any atom is -0.494 e. The largest absolute Gasteiger partial charge is 0.494 e. The molecule has 30 heavy (non-hydrogen) atoms. The van der Waals surface area contributed by atoms with Gasteiger partial charge in [-0.15, -0.1) is 0 Å². The molecule has 0 saturated carbocycles. The van der Waals surface area contributed by atoms with Gasteiger partial charge in [0.15, 0.2) is 12.1 Å². The van der Waals surface area contributed by atoms with Crippen LogP contribution in [0.3, 0.4) is 0 Å². The second-order valence-electron chi connectivity index (χ2n) is 6.69. The number of nitrogens with one attached hydrogen (secondary N) is 1. The maximum absolute atomic E-state index is 13.2. The first-order chi connectivity index (χ1) is 14.5. The van der Waals surface area contributed by atoms with E-state index >= 15 is 0 Å². The molecular weight excluding hydrogens is 393 g/mol. The second kappa shape index (κ2) is 7.90. The van der Waals surface area contributed by atoms with Crippen LogP contribution in [0.4, 0.5) is 15.8 Å². The Bertz CT molecular complexity index is 1010. The van der Waals surface area contributed by atoms with Crippen molar-refractivity contribution in [3.63, 3.8) is 0 Å². The van der Waals surface area contributed by atoms with Crippen LogP contribution in [0.1, 0.15) is 6.92 Å². The average Bonchev–Trinajstić information content (AvgIpc) is 3.24. The Morgan fingerprint density at radius 1 is 1.10 bits per heavy atom. The maximum atomic E-state index is 13.2. The number of amides is 3. The van der Waals surface area contributed by atoms with Crippen LogP contribution in [0, 0.1) is 5.82 Å². The van der Waals surface area contributed by atoms with Crippen molar-refractivity contribution >= 4 is 29.1 Å². The number of rotatable bonds is 6. The summed E-state index contributed by atoms with van der Waals surface area (Å²) >= 11 is 0. The molecule has 4 rings (SSSR count). The normalized spacial score (nSPS) is 19.9. The summed E-state index contributed by atoms with van der Waals surface area (Å²) in [5, 5.41) is 11.6. The molecule has 2 aromatic carbocycles. The third-order valence-electron chi connectivity index (χ3n) is 4.70. The summed E-state index contributed by atoms with van der Waals surface area (Å²) in [6.07, 6.45) is 0. The molecule has 0 aromatic heterocycles. The van der Waals surface area contributed by atoms with Gasteiger partial charge in [-0.25, -0.2) is 9.29 Å². The molecule has 10 heteroatoms. The van der Waals surface area contributed by atoms with Gasteiger partial charge in [0.05, 0.1) is 12.3 Å². The summed E-state index contributed by atoms with van der Waals surface area (Å²) < 4.78 is 18.5. The van der Waals surface area contributed by atoms with E-state index in [0.717, 1.165) is 17.0 Å². The fourth-order valence-corrected chi connectivity index (χ4v) is 3.35. The Morgan fingerprint density at radius 3 is 2.47 bits per heavy atom. The van der Waals surface area contributed by atoms with Gasteiger partial charge >= 0.3 is 0 Å². The number of carbonyl (C=O) groups excluding carboxylic acids is 3. The zero-order valence-electron chi connectivity index (χ0n) is 16.0. The number of hydrogen-bond donors (Lipinski definition) is 1. The van der Waals surface area contributed by atoms with E-state index in [4.69, 9.17) is 4.74 Å². The fraction of sp³-hybridized carbons (Fsp3) is 0.250. The standard InChI is InChI=1S/C20H18FN5O4/c1-2-30-15-9-5-13(6-10-15)22-16(27)11-25-18-17(23-24-25)19(28)26(20(18)29)14-7-3-12(21)4-8-14/h3-10,17-18H,2,11H2,1H3,(H,22,27)/t17-,18+/m0/s1. The molecule has 0 unspecified atom stereocenters. The van der Waals surface area contributed by atoms with E-state index in [1.165, 1.54) is 17.1 Å².